The molecule has 0 radical (unpaired) electrons. The molecule has 1 heterocycles. The van der Waals surface area contributed by atoms with Gasteiger partial charge in [0.15, 0.2) is 0 Å². The Labute approximate surface area is 110 Å². The normalized spacial score (nSPS) is 21.6. The van der Waals surface area contributed by atoms with Gasteiger partial charge in [0.2, 0.25) is 0 Å². The minimum Gasteiger partial charge on any atom is -0.496 e. The van der Waals surface area contributed by atoms with E-state index >= 15 is 0 Å². The molecule has 0 saturated carbocycles. The lowest BCUT2D eigenvalue weighted by atomic mass is 9.99. The average molecular weight is 248 g/mol. The molecule has 1 aromatic rings. The van der Waals surface area contributed by atoms with Gasteiger partial charge in [0.1, 0.15) is 5.75 Å². The number of benzene rings is 1. The second kappa shape index (κ2) is 6.21. The minimum absolute atomic E-state index is 0.413. The number of aryl methyl sites for hydroxylation is 1. The van der Waals surface area contributed by atoms with Crippen molar-refractivity contribution >= 4 is 0 Å². The Hall–Kier alpha value is -1.06. The van der Waals surface area contributed by atoms with Crippen LogP contribution in [0, 0.1) is 0 Å². The zero-order chi connectivity index (χ0) is 13.0. The van der Waals surface area contributed by atoms with Gasteiger partial charge in [-0.15, -0.1) is 0 Å². The van der Waals surface area contributed by atoms with Crippen LogP contribution in [0.5, 0.6) is 5.75 Å². The maximum atomic E-state index is 5.51. The molecule has 3 nitrogen and oxygen atoms in total. The molecule has 0 bridgehead atoms. The highest BCUT2D eigenvalue weighted by Gasteiger charge is 2.19. The summed E-state index contributed by atoms with van der Waals surface area (Å²) in [5.74, 6) is 1.01. The first-order valence-corrected chi connectivity index (χ1v) is 6.83. The highest BCUT2D eigenvalue weighted by atomic mass is 16.5. The van der Waals surface area contributed by atoms with E-state index in [1.54, 1.807) is 7.11 Å². The lowest BCUT2D eigenvalue weighted by Gasteiger charge is -2.20. The molecule has 0 spiro atoms. The number of hydrogen-bond acceptors (Lipinski definition) is 3. The average Bonchev–Trinajstić information content (AvgIpc) is 2.62. The first kappa shape index (κ1) is 13.4. The second-order valence-corrected chi connectivity index (χ2v) is 5.03. The Morgan fingerprint density at radius 1 is 1.39 bits per heavy atom. The van der Waals surface area contributed by atoms with Gasteiger partial charge in [-0.1, -0.05) is 19.1 Å². The molecule has 0 amide bonds. The fraction of sp³-hybridized carbons (Fsp3) is 0.600. The monoisotopic (exact) mass is 248 g/mol. The number of hydrogen-bond donors (Lipinski definition) is 1. The molecule has 1 aromatic carbocycles. The Balaban J connectivity index is 2.24. The SMILES string of the molecule is CCc1ccc(OC)c(C2CCN(C)CCN2)c1. The molecule has 1 N–H and O–H groups in total. The number of likely N-dealkylation sites (N-methyl/N-ethyl adjacent to an activating group) is 1. The van der Waals surface area contributed by atoms with Gasteiger partial charge < -0.3 is 15.0 Å². The third kappa shape index (κ3) is 3.03. The Morgan fingerprint density at radius 3 is 2.94 bits per heavy atom. The molecule has 1 fully saturated rings. The van der Waals surface area contributed by atoms with Crippen LogP contribution >= 0.6 is 0 Å². The molecule has 2 rings (SSSR count). The van der Waals surface area contributed by atoms with Gasteiger partial charge in [0, 0.05) is 24.7 Å². The predicted octanol–water partition coefficient (Wildman–Crippen LogP) is 2.22. The van der Waals surface area contributed by atoms with E-state index in [2.05, 4.69) is 42.4 Å². The third-order valence-electron chi connectivity index (χ3n) is 3.76. The Kier molecular flexibility index (Phi) is 4.61. The fourth-order valence-electron chi connectivity index (χ4n) is 2.53. The van der Waals surface area contributed by atoms with Crippen molar-refractivity contribution in [1.82, 2.24) is 10.2 Å². The van der Waals surface area contributed by atoms with Crippen molar-refractivity contribution in [2.75, 3.05) is 33.8 Å². The number of nitrogens with zero attached hydrogens (tertiary/aromatic N) is 1. The van der Waals surface area contributed by atoms with E-state index in [9.17, 15) is 0 Å². The van der Waals surface area contributed by atoms with Gasteiger partial charge in [0.05, 0.1) is 7.11 Å². The molecule has 1 saturated heterocycles. The van der Waals surface area contributed by atoms with Crippen molar-refractivity contribution in [2.45, 2.75) is 25.8 Å². The van der Waals surface area contributed by atoms with Crippen LogP contribution in [0.2, 0.25) is 0 Å². The summed E-state index contributed by atoms with van der Waals surface area (Å²) in [6, 6.07) is 6.97. The highest BCUT2D eigenvalue weighted by Crippen LogP contribution is 2.29. The summed E-state index contributed by atoms with van der Waals surface area (Å²) < 4.78 is 5.51. The van der Waals surface area contributed by atoms with Crippen LogP contribution in [0.1, 0.15) is 30.5 Å². The van der Waals surface area contributed by atoms with Gasteiger partial charge >= 0.3 is 0 Å². The van der Waals surface area contributed by atoms with Crippen molar-refractivity contribution < 1.29 is 4.74 Å². The van der Waals surface area contributed by atoms with Crippen molar-refractivity contribution in [3.63, 3.8) is 0 Å². The maximum absolute atomic E-state index is 5.51. The molecule has 100 valence electrons. The molecule has 0 aromatic heterocycles. The Morgan fingerprint density at radius 2 is 2.22 bits per heavy atom. The number of nitrogens with one attached hydrogen (secondary N) is 1. The third-order valence-corrected chi connectivity index (χ3v) is 3.76. The van der Waals surface area contributed by atoms with E-state index in [4.69, 9.17) is 4.74 Å². The summed E-state index contributed by atoms with van der Waals surface area (Å²) in [7, 11) is 3.94. The lowest BCUT2D eigenvalue weighted by molar-refractivity contribution is 0.353. The van der Waals surface area contributed by atoms with Crippen LogP contribution in [-0.4, -0.2) is 38.7 Å². The molecule has 1 aliphatic rings. The van der Waals surface area contributed by atoms with Crippen LogP contribution in [0.15, 0.2) is 18.2 Å². The van der Waals surface area contributed by atoms with Gasteiger partial charge in [0.25, 0.3) is 0 Å². The van der Waals surface area contributed by atoms with Gasteiger partial charge in [-0.25, -0.2) is 0 Å². The molecule has 1 aliphatic heterocycles. The summed E-state index contributed by atoms with van der Waals surface area (Å²) in [5.41, 5.74) is 2.69. The van der Waals surface area contributed by atoms with Crippen LogP contribution in [0.4, 0.5) is 0 Å². The van der Waals surface area contributed by atoms with E-state index in [0.29, 0.717) is 6.04 Å². The molecule has 18 heavy (non-hydrogen) atoms. The number of rotatable bonds is 3. The standard InChI is InChI=1S/C15H24N2O/c1-4-12-5-6-15(18-3)13(11-12)14-7-9-17(2)10-8-16-14/h5-6,11,14,16H,4,7-10H2,1-3H3. The van der Waals surface area contributed by atoms with E-state index in [-0.39, 0.29) is 0 Å². The van der Waals surface area contributed by atoms with Crippen LogP contribution in [-0.2, 0) is 6.42 Å². The van der Waals surface area contributed by atoms with Crippen molar-refractivity contribution in [3.05, 3.63) is 29.3 Å². The van der Waals surface area contributed by atoms with E-state index < -0.39 is 0 Å². The topological polar surface area (TPSA) is 24.5 Å². The van der Waals surface area contributed by atoms with Gasteiger partial charge in [-0.2, -0.15) is 0 Å². The number of methoxy groups -OCH3 is 1. The molecule has 1 atom stereocenters. The fourth-order valence-corrected chi connectivity index (χ4v) is 2.53. The van der Waals surface area contributed by atoms with Crippen molar-refractivity contribution in [3.8, 4) is 5.75 Å². The highest BCUT2D eigenvalue weighted by molar-refractivity contribution is 5.39. The van der Waals surface area contributed by atoms with Gasteiger partial charge in [-0.3, -0.25) is 0 Å². The molecule has 0 aliphatic carbocycles. The Bertz CT molecular complexity index is 392. The van der Waals surface area contributed by atoms with Crippen LogP contribution < -0.4 is 10.1 Å². The van der Waals surface area contributed by atoms with E-state index in [1.807, 2.05) is 0 Å². The first-order chi connectivity index (χ1) is 8.74. The molecular formula is C15H24N2O. The summed E-state index contributed by atoms with van der Waals surface area (Å²) in [5, 5.41) is 3.63. The largest absolute Gasteiger partial charge is 0.496 e. The minimum atomic E-state index is 0.413. The quantitative estimate of drug-likeness (QED) is 0.887. The van der Waals surface area contributed by atoms with Crippen molar-refractivity contribution in [2.24, 2.45) is 0 Å². The second-order valence-electron chi connectivity index (χ2n) is 5.03. The summed E-state index contributed by atoms with van der Waals surface area (Å²) >= 11 is 0. The van der Waals surface area contributed by atoms with E-state index in [1.165, 1.54) is 11.1 Å². The van der Waals surface area contributed by atoms with E-state index in [0.717, 1.165) is 38.2 Å². The number of ether oxygens (including phenoxy) is 1. The molecular weight excluding hydrogens is 224 g/mol. The smallest absolute Gasteiger partial charge is 0.123 e. The zero-order valence-electron chi connectivity index (χ0n) is 11.7. The predicted molar refractivity (Wildman–Crippen MR) is 75.2 cm³/mol. The molecule has 3 heteroatoms. The maximum Gasteiger partial charge on any atom is 0.123 e. The van der Waals surface area contributed by atoms with Crippen molar-refractivity contribution in [1.29, 1.82) is 0 Å². The van der Waals surface area contributed by atoms with Crippen LogP contribution in [0.25, 0.3) is 0 Å². The zero-order valence-corrected chi connectivity index (χ0v) is 11.7. The van der Waals surface area contributed by atoms with Gasteiger partial charge in [-0.05, 0) is 38.1 Å². The first-order valence-electron chi connectivity index (χ1n) is 6.83. The lowest BCUT2D eigenvalue weighted by Crippen LogP contribution is -2.25. The summed E-state index contributed by atoms with van der Waals surface area (Å²) in [6.07, 6.45) is 2.21. The van der Waals surface area contributed by atoms with Crippen LogP contribution in [0.3, 0.4) is 0 Å². The summed E-state index contributed by atoms with van der Waals surface area (Å²) in [4.78, 5) is 2.38. The molecule has 1 unspecified atom stereocenters. The summed E-state index contributed by atoms with van der Waals surface area (Å²) in [6.45, 7) is 5.49.